The van der Waals surface area contributed by atoms with Gasteiger partial charge in [0, 0.05) is 12.2 Å². The van der Waals surface area contributed by atoms with Crippen molar-refractivity contribution in [1.82, 2.24) is 14.8 Å². The number of ether oxygens (including phenoxy) is 1. The Morgan fingerprint density at radius 2 is 1.74 bits per heavy atom. The number of rotatable bonds is 10. The van der Waals surface area contributed by atoms with Crippen molar-refractivity contribution >= 4 is 40.7 Å². The highest BCUT2D eigenvalue weighted by molar-refractivity contribution is 7.99. The van der Waals surface area contributed by atoms with E-state index in [4.69, 9.17) is 4.74 Å². The van der Waals surface area contributed by atoms with E-state index in [-0.39, 0.29) is 18.3 Å². The number of nitrogens with zero attached hydrogens (tertiary/aromatic N) is 4. The summed E-state index contributed by atoms with van der Waals surface area (Å²) in [6.07, 6.45) is 0. The molecule has 2 aromatic carbocycles. The number of carbonyl (C=O) groups excluding carboxylic acids is 2. The normalized spacial score (nSPS) is 10.7. The van der Waals surface area contributed by atoms with Crippen molar-refractivity contribution in [2.24, 2.45) is 0 Å². The zero-order valence-corrected chi connectivity index (χ0v) is 20.3. The van der Waals surface area contributed by atoms with Gasteiger partial charge in [-0.05, 0) is 36.1 Å². The molecule has 4 rings (SSSR count). The lowest BCUT2D eigenvalue weighted by molar-refractivity contribution is -0.145. The first-order valence-corrected chi connectivity index (χ1v) is 12.7. The van der Waals surface area contributed by atoms with E-state index >= 15 is 0 Å². The average Bonchev–Trinajstić information content (AvgIpc) is 3.55. The molecule has 0 saturated carbocycles. The molecule has 0 aliphatic heterocycles. The van der Waals surface area contributed by atoms with E-state index in [0.29, 0.717) is 18.2 Å². The van der Waals surface area contributed by atoms with Crippen molar-refractivity contribution < 1.29 is 14.3 Å². The lowest BCUT2D eigenvalue weighted by atomic mass is 10.2. The van der Waals surface area contributed by atoms with Gasteiger partial charge in [0.1, 0.15) is 0 Å². The molecular weight excluding hydrogens is 468 g/mol. The van der Waals surface area contributed by atoms with Crippen LogP contribution >= 0.6 is 23.1 Å². The van der Waals surface area contributed by atoms with E-state index in [1.165, 1.54) is 11.8 Å². The molecule has 9 heteroatoms. The maximum atomic E-state index is 13.0. The quantitative estimate of drug-likeness (QED) is 0.232. The van der Waals surface area contributed by atoms with Crippen LogP contribution in [0.4, 0.5) is 5.69 Å². The Balaban J connectivity index is 1.35. The molecule has 0 N–H and O–H groups in total. The molecule has 34 heavy (non-hydrogen) atoms. The second kappa shape index (κ2) is 11.6. The third kappa shape index (κ3) is 5.92. The molecule has 1 amide bonds. The highest BCUT2D eigenvalue weighted by Crippen LogP contribution is 2.27. The number of benzene rings is 2. The van der Waals surface area contributed by atoms with Gasteiger partial charge < -0.3 is 14.2 Å². The Hall–Kier alpha value is -3.43. The molecule has 0 fully saturated rings. The van der Waals surface area contributed by atoms with E-state index in [1.807, 2.05) is 89.7 Å². The second-order valence-electron chi connectivity index (χ2n) is 7.28. The molecule has 0 unspecified atom stereocenters. The van der Waals surface area contributed by atoms with Crippen molar-refractivity contribution in [3.63, 3.8) is 0 Å². The predicted molar refractivity (Wildman–Crippen MR) is 135 cm³/mol. The Bertz CT molecular complexity index is 1210. The number of esters is 1. The molecular formula is C25H24N4O3S2. The third-order valence-corrected chi connectivity index (χ3v) is 6.81. The van der Waals surface area contributed by atoms with Gasteiger partial charge in [0.05, 0.1) is 17.2 Å². The Kier molecular flexibility index (Phi) is 8.11. The van der Waals surface area contributed by atoms with Crippen LogP contribution in [0.15, 0.2) is 83.3 Å². The second-order valence-corrected chi connectivity index (χ2v) is 9.17. The van der Waals surface area contributed by atoms with Gasteiger partial charge in [-0.25, -0.2) is 0 Å². The van der Waals surface area contributed by atoms with Crippen LogP contribution in [0.1, 0.15) is 12.5 Å². The molecule has 0 aliphatic carbocycles. The first-order chi connectivity index (χ1) is 16.7. The zero-order valence-electron chi connectivity index (χ0n) is 18.7. The smallest absolute Gasteiger partial charge is 0.316 e. The Morgan fingerprint density at radius 3 is 2.41 bits per heavy atom. The Morgan fingerprint density at radius 1 is 1.00 bits per heavy atom. The number of amides is 1. The van der Waals surface area contributed by atoms with Crippen LogP contribution in [0.2, 0.25) is 0 Å². The van der Waals surface area contributed by atoms with Crippen molar-refractivity contribution in [3.05, 3.63) is 83.7 Å². The standard InChI is InChI=1S/C25H24N4O3S2/c1-2-28-24(21-14-9-15-33-21)26-27-25(28)34-18-23(31)32-17-22(30)29(20-12-7-4-8-13-20)16-19-10-5-3-6-11-19/h3-15H,2,16-18H2,1H3. The van der Waals surface area contributed by atoms with E-state index in [2.05, 4.69) is 10.2 Å². The monoisotopic (exact) mass is 492 g/mol. The fourth-order valence-electron chi connectivity index (χ4n) is 3.35. The summed E-state index contributed by atoms with van der Waals surface area (Å²) in [6.45, 7) is 2.75. The number of aromatic nitrogens is 3. The van der Waals surface area contributed by atoms with Gasteiger partial charge in [0.15, 0.2) is 17.6 Å². The highest BCUT2D eigenvalue weighted by Gasteiger charge is 2.19. The number of thiophene rings is 1. The zero-order chi connectivity index (χ0) is 23.8. The van der Waals surface area contributed by atoms with Crippen LogP contribution in [-0.4, -0.2) is 39.0 Å². The highest BCUT2D eigenvalue weighted by atomic mass is 32.2. The molecule has 0 bridgehead atoms. The molecule has 0 atom stereocenters. The van der Waals surface area contributed by atoms with E-state index < -0.39 is 5.97 Å². The number of hydrogen-bond acceptors (Lipinski definition) is 7. The fraction of sp³-hybridized carbons (Fsp3) is 0.200. The van der Waals surface area contributed by atoms with Gasteiger partial charge in [-0.15, -0.1) is 21.5 Å². The summed E-state index contributed by atoms with van der Waals surface area (Å²) >= 11 is 2.84. The van der Waals surface area contributed by atoms with Crippen LogP contribution in [0, 0.1) is 0 Å². The lowest BCUT2D eigenvalue weighted by Gasteiger charge is -2.23. The molecule has 4 aromatic rings. The van der Waals surface area contributed by atoms with Crippen molar-refractivity contribution in [2.75, 3.05) is 17.3 Å². The average molecular weight is 493 g/mol. The fourth-order valence-corrected chi connectivity index (χ4v) is 4.87. The predicted octanol–water partition coefficient (Wildman–Crippen LogP) is 4.90. The molecule has 2 aromatic heterocycles. The molecule has 0 radical (unpaired) electrons. The third-order valence-electron chi connectivity index (χ3n) is 5.00. The maximum Gasteiger partial charge on any atom is 0.316 e. The summed E-state index contributed by atoms with van der Waals surface area (Å²) in [5.41, 5.74) is 1.74. The van der Waals surface area contributed by atoms with Gasteiger partial charge in [-0.2, -0.15) is 0 Å². The van der Waals surface area contributed by atoms with Gasteiger partial charge in [0.25, 0.3) is 5.91 Å². The number of anilines is 1. The summed E-state index contributed by atoms with van der Waals surface area (Å²) < 4.78 is 7.28. The summed E-state index contributed by atoms with van der Waals surface area (Å²) in [6, 6.07) is 23.0. The first-order valence-electron chi connectivity index (χ1n) is 10.8. The van der Waals surface area contributed by atoms with Crippen molar-refractivity contribution in [2.45, 2.75) is 25.2 Å². The van der Waals surface area contributed by atoms with Crippen molar-refractivity contribution in [1.29, 1.82) is 0 Å². The minimum absolute atomic E-state index is 0.0415. The SMILES string of the molecule is CCn1c(SCC(=O)OCC(=O)N(Cc2ccccc2)c2ccccc2)nnc1-c1cccs1. The number of thioether (sulfide) groups is 1. The van der Waals surface area contributed by atoms with E-state index in [1.54, 1.807) is 16.2 Å². The van der Waals surface area contributed by atoms with Crippen LogP contribution in [0.3, 0.4) is 0 Å². The summed E-state index contributed by atoms with van der Waals surface area (Å²) in [5.74, 6) is 0.0577. The molecule has 174 valence electrons. The number of carbonyl (C=O) groups is 2. The van der Waals surface area contributed by atoms with Crippen molar-refractivity contribution in [3.8, 4) is 10.7 Å². The van der Waals surface area contributed by atoms with Crippen LogP contribution < -0.4 is 4.90 Å². The van der Waals surface area contributed by atoms with Crippen LogP contribution in [0.5, 0.6) is 0 Å². The molecule has 2 heterocycles. The van der Waals surface area contributed by atoms with Gasteiger partial charge in [0.2, 0.25) is 0 Å². The first kappa shape index (κ1) is 23.7. The minimum atomic E-state index is -0.477. The topological polar surface area (TPSA) is 77.3 Å². The summed E-state index contributed by atoms with van der Waals surface area (Å²) in [7, 11) is 0. The van der Waals surface area contributed by atoms with Crippen LogP contribution in [0.25, 0.3) is 10.7 Å². The number of hydrogen-bond donors (Lipinski definition) is 0. The van der Waals surface area contributed by atoms with Crippen LogP contribution in [-0.2, 0) is 27.4 Å². The Labute approximate surface area is 206 Å². The molecule has 0 saturated heterocycles. The number of para-hydroxylation sites is 1. The van der Waals surface area contributed by atoms with Gasteiger partial charge in [-0.3, -0.25) is 9.59 Å². The summed E-state index contributed by atoms with van der Waals surface area (Å²) in [5, 5.41) is 11.1. The molecule has 0 spiro atoms. The van der Waals surface area contributed by atoms with Gasteiger partial charge >= 0.3 is 5.97 Å². The lowest BCUT2D eigenvalue weighted by Crippen LogP contribution is -2.34. The molecule has 7 nitrogen and oxygen atoms in total. The largest absolute Gasteiger partial charge is 0.455 e. The molecule has 0 aliphatic rings. The summed E-state index contributed by atoms with van der Waals surface area (Å²) in [4.78, 5) is 28.0. The van der Waals surface area contributed by atoms with Gasteiger partial charge in [-0.1, -0.05) is 66.4 Å². The maximum absolute atomic E-state index is 13.0. The van der Waals surface area contributed by atoms with E-state index in [0.717, 1.165) is 22.0 Å². The minimum Gasteiger partial charge on any atom is -0.455 e. The van der Waals surface area contributed by atoms with E-state index in [9.17, 15) is 9.59 Å².